The molecule has 0 saturated carbocycles. The number of carbonyl (C=O) groups excluding carboxylic acids is 2. The monoisotopic (exact) mass is 858 g/mol. The quantitative estimate of drug-likeness (QED) is 0.0232. The largest absolute Gasteiger partial charge is 0.480 e. The maximum Gasteiger partial charge on any atom is 0.472 e. The van der Waals surface area contributed by atoms with Crippen LogP contribution in [-0.4, -0.2) is 59.9 Å². The topological polar surface area (TPSA) is 172 Å². The molecule has 0 aromatic heterocycles. The van der Waals surface area contributed by atoms with Crippen molar-refractivity contribution in [2.24, 2.45) is 5.73 Å². The SMILES string of the molecule is CC/C=C/C/C=C/C/C=C/C/C=C/C/C=C/CCCCCC(=O)OC[C@H](COP(=O)(O)OC[C@H](N)C(=O)O)OC(=O)CCCCC/C=C/C/C=C/C/C=C/C/C=C/CCC. The van der Waals surface area contributed by atoms with Crippen molar-refractivity contribution in [2.75, 3.05) is 19.8 Å². The summed E-state index contributed by atoms with van der Waals surface area (Å²) >= 11 is 0. The standard InChI is InChI=1S/C48H76NO10P/c1-3-5-7-9-11-13-15-17-19-21-22-24-25-27-29-31-33-35-37-39-46(50)56-41-44(42-57-60(54,55)58-43-45(49)48(52)53)59-47(51)40-38-36-34-32-30-28-26-23-20-18-16-14-12-10-8-6-4-2/h5,7-8,10-11,13-14,16-17,19-20,22-24,27-30,44-45H,3-4,6,9,12,15,18,21,25-26,31-43,49H2,1-2H3,(H,52,53)(H,54,55)/b7-5+,10-8+,13-11+,16-14+,19-17+,23-20+,24-22+,29-27+,30-28+/t44-,45+/m1/s1. The fraction of sp³-hybridized carbons (Fsp3) is 0.562. The highest BCUT2D eigenvalue weighted by Crippen LogP contribution is 2.43. The van der Waals surface area contributed by atoms with E-state index in [0.29, 0.717) is 12.8 Å². The number of aliphatic carboxylic acids is 1. The molecule has 3 atom stereocenters. The minimum Gasteiger partial charge on any atom is -0.480 e. The number of ether oxygens (including phenoxy) is 2. The van der Waals surface area contributed by atoms with Gasteiger partial charge in [0, 0.05) is 12.8 Å². The van der Waals surface area contributed by atoms with E-state index in [1.54, 1.807) is 0 Å². The van der Waals surface area contributed by atoms with Crippen molar-refractivity contribution in [1.29, 1.82) is 0 Å². The molecule has 0 aliphatic carbocycles. The highest BCUT2D eigenvalue weighted by molar-refractivity contribution is 7.47. The van der Waals surface area contributed by atoms with Crippen LogP contribution in [0.5, 0.6) is 0 Å². The van der Waals surface area contributed by atoms with Crippen molar-refractivity contribution in [3.8, 4) is 0 Å². The lowest BCUT2D eigenvalue weighted by atomic mass is 10.1. The summed E-state index contributed by atoms with van der Waals surface area (Å²) in [5, 5.41) is 8.89. The molecule has 0 heterocycles. The summed E-state index contributed by atoms with van der Waals surface area (Å²) in [5.41, 5.74) is 5.33. The summed E-state index contributed by atoms with van der Waals surface area (Å²) < 4.78 is 32.6. The highest BCUT2D eigenvalue weighted by atomic mass is 31.2. The molecule has 11 nitrogen and oxygen atoms in total. The van der Waals surface area contributed by atoms with Gasteiger partial charge in [0.15, 0.2) is 6.10 Å². The average Bonchev–Trinajstić information content (AvgIpc) is 3.22. The number of carboxylic acids is 1. The Morgan fingerprint density at radius 2 is 0.933 bits per heavy atom. The normalized spacial score (nSPS) is 14.7. The first-order chi connectivity index (χ1) is 29.1. The molecule has 0 bridgehead atoms. The van der Waals surface area contributed by atoms with Crippen molar-refractivity contribution >= 4 is 25.7 Å². The van der Waals surface area contributed by atoms with Gasteiger partial charge in [0.25, 0.3) is 0 Å². The summed E-state index contributed by atoms with van der Waals surface area (Å²) in [6.07, 6.45) is 54.3. The summed E-state index contributed by atoms with van der Waals surface area (Å²) in [6, 6.07) is -1.54. The fourth-order valence-electron chi connectivity index (χ4n) is 5.08. The van der Waals surface area contributed by atoms with Crippen LogP contribution >= 0.6 is 7.82 Å². The number of carboxylic acid groups (broad SMARTS) is 1. The molecule has 12 heteroatoms. The number of phosphoric ester groups is 1. The predicted molar refractivity (Wildman–Crippen MR) is 244 cm³/mol. The van der Waals surface area contributed by atoms with Crippen molar-refractivity contribution in [2.45, 2.75) is 154 Å². The Hall–Kier alpha value is -3.86. The zero-order valence-electron chi connectivity index (χ0n) is 36.5. The second-order valence-corrected chi connectivity index (χ2v) is 15.5. The van der Waals surface area contributed by atoms with Crippen LogP contribution in [0.4, 0.5) is 0 Å². The molecule has 60 heavy (non-hydrogen) atoms. The molecule has 338 valence electrons. The van der Waals surface area contributed by atoms with Gasteiger partial charge in [-0.2, -0.15) is 0 Å². The van der Waals surface area contributed by atoms with Crippen LogP contribution < -0.4 is 5.73 Å². The molecule has 0 radical (unpaired) electrons. The lowest BCUT2D eigenvalue weighted by Gasteiger charge is -2.20. The Labute approximate surface area is 361 Å². The van der Waals surface area contributed by atoms with Crippen LogP contribution in [0.15, 0.2) is 109 Å². The molecule has 0 aliphatic rings. The van der Waals surface area contributed by atoms with E-state index in [1.807, 2.05) is 0 Å². The van der Waals surface area contributed by atoms with Gasteiger partial charge in [-0.3, -0.25) is 23.4 Å². The number of carbonyl (C=O) groups is 3. The second kappa shape index (κ2) is 41.9. The molecule has 0 aromatic carbocycles. The number of unbranched alkanes of at least 4 members (excludes halogenated alkanes) is 7. The maximum atomic E-state index is 12.6. The van der Waals surface area contributed by atoms with Gasteiger partial charge < -0.3 is 25.2 Å². The summed E-state index contributed by atoms with van der Waals surface area (Å²) in [6.45, 7) is 2.53. The Kier molecular flexibility index (Phi) is 39.2. The molecule has 1 unspecified atom stereocenters. The Balaban J connectivity index is 4.51. The number of allylic oxidation sites excluding steroid dienone is 18. The lowest BCUT2D eigenvalue weighted by Crippen LogP contribution is -2.34. The lowest BCUT2D eigenvalue weighted by molar-refractivity contribution is -0.161. The van der Waals surface area contributed by atoms with Crippen LogP contribution in [0.3, 0.4) is 0 Å². The molecule has 0 aromatic rings. The molecule has 0 fully saturated rings. The number of rotatable bonds is 39. The number of esters is 2. The minimum atomic E-state index is -4.74. The zero-order chi connectivity index (χ0) is 44.2. The van der Waals surface area contributed by atoms with E-state index in [-0.39, 0.29) is 19.4 Å². The third kappa shape index (κ3) is 40.9. The van der Waals surface area contributed by atoms with Crippen LogP contribution in [0.2, 0.25) is 0 Å². The van der Waals surface area contributed by atoms with E-state index in [0.717, 1.165) is 96.3 Å². The van der Waals surface area contributed by atoms with E-state index in [2.05, 4.69) is 128 Å². The van der Waals surface area contributed by atoms with Crippen molar-refractivity contribution < 1.29 is 47.5 Å². The Bertz CT molecular complexity index is 1430. The van der Waals surface area contributed by atoms with Gasteiger partial charge in [0.05, 0.1) is 13.2 Å². The third-order valence-corrected chi connectivity index (χ3v) is 9.44. The van der Waals surface area contributed by atoms with Gasteiger partial charge in [0.2, 0.25) is 0 Å². The van der Waals surface area contributed by atoms with E-state index in [4.69, 9.17) is 24.8 Å². The van der Waals surface area contributed by atoms with Gasteiger partial charge in [-0.05, 0) is 96.3 Å². The van der Waals surface area contributed by atoms with Gasteiger partial charge in [-0.1, -0.05) is 142 Å². The molecule has 0 spiro atoms. The maximum absolute atomic E-state index is 12.6. The average molecular weight is 858 g/mol. The summed E-state index contributed by atoms with van der Waals surface area (Å²) in [7, 11) is -4.74. The molecule has 4 N–H and O–H groups in total. The van der Waals surface area contributed by atoms with Gasteiger partial charge in [0.1, 0.15) is 12.6 Å². The predicted octanol–water partition coefficient (Wildman–Crippen LogP) is 11.8. The molecule has 0 saturated heterocycles. The van der Waals surface area contributed by atoms with Gasteiger partial charge in [-0.25, -0.2) is 4.57 Å². The number of hydrogen-bond acceptors (Lipinski definition) is 9. The zero-order valence-corrected chi connectivity index (χ0v) is 37.4. The van der Waals surface area contributed by atoms with E-state index < -0.39 is 51.1 Å². The van der Waals surface area contributed by atoms with Crippen molar-refractivity contribution in [3.05, 3.63) is 109 Å². The van der Waals surface area contributed by atoms with Gasteiger partial charge >= 0.3 is 25.7 Å². The van der Waals surface area contributed by atoms with Crippen molar-refractivity contribution in [3.63, 3.8) is 0 Å². The fourth-order valence-corrected chi connectivity index (χ4v) is 5.86. The van der Waals surface area contributed by atoms with Crippen molar-refractivity contribution in [1.82, 2.24) is 0 Å². The number of phosphoric acid groups is 1. The highest BCUT2D eigenvalue weighted by Gasteiger charge is 2.28. The number of hydrogen-bond donors (Lipinski definition) is 3. The van der Waals surface area contributed by atoms with E-state index in [1.165, 1.54) is 6.42 Å². The Morgan fingerprint density at radius 1 is 0.533 bits per heavy atom. The summed E-state index contributed by atoms with van der Waals surface area (Å²) in [4.78, 5) is 46.0. The molecule has 0 rings (SSSR count). The first kappa shape index (κ1) is 56.1. The van der Waals surface area contributed by atoms with E-state index in [9.17, 15) is 23.8 Å². The van der Waals surface area contributed by atoms with Crippen LogP contribution in [-0.2, 0) is 37.5 Å². The van der Waals surface area contributed by atoms with Crippen LogP contribution in [0.25, 0.3) is 0 Å². The molecule has 0 amide bonds. The van der Waals surface area contributed by atoms with E-state index >= 15 is 0 Å². The number of nitrogens with two attached hydrogens (primary N) is 1. The Morgan fingerprint density at radius 3 is 1.37 bits per heavy atom. The second-order valence-electron chi connectivity index (χ2n) is 14.1. The first-order valence-corrected chi connectivity index (χ1v) is 23.4. The molecular formula is C48H76NO10P. The van der Waals surface area contributed by atoms with Crippen LogP contribution in [0.1, 0.15) is 142 Å². The van der Waals surface area contributed by atoms with Crippen LogP contribution in [0, 0.1) is 0 Å². The smallest absolute Gasteiger partial charge is 0.472 e. The summed E-state index contributed by atoms with van der Waals surface area (Å²) in [5.74, 6) is -2.48. The minimum absolute atomic E-state index is 0.109. The molecule has 0 aliphatic heterocycles. The molecular weight excluding hydrogens is 781 g/mol. The third-order valence-electron chi connectivity index (χ3n) is 8.49. The van der Waals surface area contributed by atoms with Gasteiger partial charge in [-0.15, -0.1) is 0 Å². The first-order valence-electron chi connectivity index (χ1n) is 21.9.